The topological polar surface area (TPSA) is 118 Å². The summed E-state index contributed by atoms with van der Waals surface area (Å²) in [4.78, 5) is 19.2. The number of fused-ring (bicyclic) bond motifs is 2. The van der Waals surface area contributed by atoms with E-state index in [9.17, 15) is 25.2 Å². The van der Waals surface area contributed by atoms with Crippen molar-refractivity contribution in [3.05, 3.63) is 55.8 Å². The second-order valence-electron chi connectivity index (χ2n) is 13.5. The van der Waals surface area contributed by atoms with Gasteiger partial charge in [-0.05, 0) is 92.4 Å². The molecule has 5 rings (SSSR count). The summed E-state index contributed by atoms with van der Waals surface area (Å²) in [5, 5.41) is 46.4. The third-order valence-electron chi connectivity index (χ3n) is 9.44. The lowest BCUT2D eigenvalue weighted by molar-refractivity contribution is 0.270. The van der Waals surface area contributed by atoms with Crippen molar-refractivity contribution in [2.24, 2.45) is 0 Å². The molecule has 3 aromatic rings. The average molecular weight is 619 g/mol. The highest BCUT2D eigenvalue weighted by atomic mass is 16.3. The average Bonchev–Trinajstić information content (AvgIpc) is 3.42. The van der Waals surface area contributed by atoms with Crippen LogP contribution in [0.4, 0.5) is 0 Å². The van der Waals surface area contributed by atoms with Crippen LogP contribution in [0.25, 0.3) is 21.9 Å². The van der Waals surface area contributed by atoms with E-state index in [4.69, 9.17) is 4.42 Å². The quantitative estimate of drug-likeness (QED) is 0.116. The summed E-state index contributed by atoms with van der Waals surface area (Å²) in [6, 6.07) is 0. The van der Waals surface area contributed by atoms with Crippen LogP contribution in [0.3, 0.4) is 0 Å². The van der Waals surface area contributed by atoms with Gasteiger partial charge in [0.05, 0.1) is 16.5 Å². The van der Waals surface area contributed by atoms with Gasteiger partial charge >= 0.3 is 0 Å². The summed E-state index contributed by atoms with van der Waals surface area (Å²) >= 11 is 0. The number of hydrogen-bond donors (Lipinski definition) is 4. The molecule has 244 valence electrons. The van der Waals surface area contributed by atoms with Gasteiger partial charge in [0, 0.05) is 24.2 Å². The number of allylic oxidation sites excluding steroid dienone is 4. The zero-order valence-corrected chi connectivity index (χ0v) is 27.5. The van der Waals surface area contributed by atoms with Crippen molar-refractivity contribution in [3.8, 4) is 23.0 Å². The van der Waals surface area contributed by atoms with Gasteiger partial charge in [0.25, 0.3) is 0 Å². The first-order valence-corrected chi connectivity index (χ1v) is 16.7. The molecule has 2 saturated heterocycles. The molecule has 2 aliphatic heterocycles. The summed E-state index contributed by atoms with van der Waals surface area (Å²) < 4.78 is 6.68. The van der Waals surface area contributed by atoms with E-state index in [2.05, 4.69) is 9.80 Å². The molecule has 0 spiro atoms. The summed E-state index contributed by atoms with van der Waals surface area (Å²) in [7, 11) is 0. The first kappa shape index (κ1) is 32.9. The molecule has 1 aromatic heterocycles. The SMILES string of the molecule is CC(C)=CCc1c(O)c(CN2CCCCCC2)c2oc3c(CN4CCCCCC4)c(O)c(O)c(CC=C(C)C)c3c(=O)c2c1O. The molecule has 2 fully saturated rings. The third kappa shape index (κ3) is 7.02. The second-order valence-corrected chi connectivity index (χ2v) is 13.5. The molecular formula is C37H50N2O6. The third-order valence-corrected chi connectivity index (χ3v) is 9.44. The van der Waals surface area contributed by atoms with Crippen molar-refractivity contribution in [1.29, 1.82) is 0 Å². The van der Waals surface area contributed by atoms with Crippen LogP contribution in [0, 0.1) is 0 Å². The fraction of sp³-hybridized carbons (Fsp3) is 0.541. The Kier molecular flexibility index (Phi) is 10.4. The van der Waals surface area contributed by atoms with Gasteiger partial charge in [-0.1, -0.05) is 49.0 Å². The number of hydrogen-bond acceptors (Lipinski definition) is 8. The van der Waals surface area contributed by atoms with E-state index in [1.807, 2.05) is 39.8 Å². The Bertz CT molecular complexity index is 1660. The molecule has 2 aliphatic rings. The largest absolute Gasteiger partial charge is 0.507 e. The Balaban J connectivity index is 1.85. The van der Waals surface area contributed by atoms with Crippen LogP contribution in [0.5, 0.6) is 23.0 Å². The highest BCUT2D eigenvalue weighted by molar-refractivity contribution is 6.00. The van der Waals surface area contributed by atoms with E-state index in [-0.39, 0.29) is 63.3 Å². The molecule has 4 N–H and O–H groups in total. The van der Waals surface area contributed by atoms with Crippen molar-refractivity contribution in [1.82, 2.24) is 9.80 Å². The van der Waals surface area contributed by atoms with Crippen LogP contribution in [0.1, 0.15) is 101 Å². The minimum Gasteiger partial charge on any atom is -0.507 e. The fourth-order valence-corrected chi connectivity index (χ4v) is 6.85. The van der Waals surface area contributed by atoms with Gasteiger partial charge in [0.2, 0.25) is 5.43 Å². The molecule has 0 atom stereocenters. The van der Waals surface area contributed by atoms with Crippen molar-refractivity contribution >= 4 is 21.9 Å². The predicted molar refractivity (Wildman–Crippen MR) is 180 cm³/mol. The highest BCUT2D eigenvalue weighted by Crippen LogP contribution is 2.45. The normalized spacial score (nSPS) is 16.9. The number of nitrogens with zero attached hydrogens (tertiary/aromatic N) is 2. The number of aromatic hydroxyl groups is 4. The summed E-state index contributed by atoms with van der Waals surface area (Å²) in [6.07, 6.45) is 13.0. The first-order valence-electron chi connectivity index (χ1n) is 16.7. The summed E-state index contributed by atoms with van der Waals surface area (Å²) in [6.45, 7) is 11.9. The standard InChI is InChI=1S/C37H50N2O6/c1-23(2)13-15-25-29-35(44)30-32(41)26(16-14-24(3)4)31(40)27(21-38-17-9-5-6-10-18-38)37(30)45-36(29)28(34(43)33(25)42)22-39-19-11-7-8-12-20-39/h13-14,40-43H,5-12,15-22H2,1-4H3. The Morgan fingerprint density at radius 1 is 0.578 bits per heavy atom. The molecule has 0 aliphatic carbocycles. The fourth-order valence-electron chi connectivity index (χ4n) is 6.85. The van der Waals surface area contributed by atoms with Crippen LogP contribution < -0.4 is 5.43 Å². The Morgan fingerprint density at radius 3 is 1.49 bits per heavy atom. The molecule has 0 amide bonds. The number of likely N-dealkylation sites (tertiary alicyclic amines) is 2. The summed E-state index contributed by atoms with van der Waals surface area (Å²) in [5.41, 5.74) is 3.29. The van der Waals surface area contributed by atoms with Crippen molar-refractivity contribution in [2.45, 2.75) is 105 Å². The zero-order chi connectivity index (χ0) is 32.2. The first-order chi connectivity index (χ1) is 21.6. The van der Waals surface area contributed by atoms with E-state index in [1.54, 1.807) is 0 Å². The van der Waals surface area contributed by atoms with Crippen molar-refractivity contribution < 1.29 is 24.8 Å². The van der Waals surface area contributed by atoms with Crippen LogP contribution in [0.2, 0.25) is 0 Å². The van der Waals surface area contributed by atoms with Gasteiger partial charge in [-0.2, -0.15) is 0 Å². The van der Waals surface area contributed by atoms with Gasteiger partial charge in [0.1, 0.15) is 22.5 Å². The minimum absolute atomic E-state index is 0.00606. The predicted octanol–water partition coefficient (Wildman–Crippen LogP) is 7.54. The maximum Gasteiger partial charge on any atom is 0.204 e. The molecule has 0 unspecified atom stereocenters. The lowest BCUT2D eigenvalue weighted by Gasteiger charge is -2.24. The van der Waals surface area contributed by atoms with Crippen molar-refractivity contribution in [2.75, 3.05) is 26.2 Å². The molecule has 45 heavy (non-hydrogen) atoms. The molecule has 0 radical (unpaired) electrons. The van der Waals surface area contributed by atoms with Crippen molar-refractivity contribution in [3.63, 3.8) is 0 Å². The Labute approximate surface area is 266 Å². The zero-order valence-electron chi connectivity index (χ0n) is 27.5. The van der Waals surface area contributed by atoms with E-state index in [1.165, 1.54) is 0 Å². The minimum atomic E-state index is -0.469. The molecule has 0 bridgehead atoms. The van der Waals surface area contributed by atoms with Crippen LogP contribution >= 0.6 is 0 Å². The highest BCUT2D eigenvalue weighted by Gasteiger charge is 2.30. The molecule has 8 heteroatoms. The lowest BCUT2D eigenvalue weighted by atomic mass is 9.94. The Hall–Kier alpha value is -3.49. The van der Waals surface area contributed by atoms with E-state index in [0.29, 0.717) is 29.8 Å². The maximum absolute atomic E-state index is 14.7. The van der Waals surface area contributed by atoms with Gasteiger partial charge in [0.15, 0.2) is 17.1 Å². The van der Waals surface area contributed by atoms with Gasteiger partial charge < -0.3 is 24.8 Å². The summed E-state index contributed by atoms with van der Waals surface area (Å²) in [5.74, 6) is -0.977. The monoisotopic (exact) mass is 618 g/mol. The number of phenolic OH excluding ortho intramolecular Hbond substituents is 4. The smallest absolute Gasteiger partial charge is 0.204 e. The van der Waals surface area contributed by atoms with Crippen LogP contribution in [-0.4, -0.2) is 56.4 Å². The molecule has 0 saturated carbocycles. The number of rotatable bonds is 8. The van der Waals surface area contributed by atoms with E-state index in [0.717, 1.165) is 88.7 Å². The number of phenols is 4. The van der Waals surface area contributed by atoms with Gasteiger partial charge in [-0.25, -0.2) is 0 Å². The molecular weight excluding hydrogens is 568 g/mol. The van der Waals surface area contributed by atoms with E-state index >= 15 is 0 Å². The van der Waals surface area contributed by atoms with Crippen LogP contribution in [0.15, 0.2) is 32.5 Å². The van der Waals surface area contributed by atoms with Gasteiger partial charge in [-0.3, -0.25) is 14.6 Å². The second kappa shape index (κ2) is 14.3. The van der Waals surface area contributed by atoms with Crippen LogP contribution in [-0.2, 0) is 25.9 Å². The lowest BCUT2D eigenvalue weighted by Crippen LogP contribution is -2.25. The Morgan fingerprint density at radius 2 is 1.00 bits per heavy atom. The maximum atomic E-state index is 14.7. The molecule has 2 aromatic carbocycles. The van der Waals surface area contributed by atoms with E-state index < -0.39 is 5.43 Å². The van der Waals surface area contributed by atoms with Gasteiger partial charge in [-0.15, -0.1) is 0 Å². The number of benzene rings is 2. The molecule has 8 nitrogen and oxygen atoms in total. The molecule has 3 heterocycles.